The molecule has 0 aliphatic carbocycles. The van der Waals surface area contributed by atoms with Gasteiger partial charge >= 0.3 is 5.97 Å². The number of halogens is 2. The Morgan fingerprint density at radius 2 is 1.64 bits per heavy atom. The van der Waals surface area contributed by atoms with E-state index in [1.807, 2.05) is 13.8 Å². The van der Waals surface area contributed by atoms with Gasteiger partial charge < -0.3 is 16.6 Å². The summed E-state index contributed by atoms with van der Waals surface area (Å²) in [6.45, 7) is 4.07. The number of aliphatic carboxylic acids is 1. The smallest absolute Gasteiger partial charge is 0.304 e. The zero-order valence-electron chi connectivity index (χ0n) is 8.47. The summed E-state index contributed by atoms with van der Waals surface area (Å²) < 4.78 is 0. The Kier molecular flexibility index (Phi) is 13.3. The first kappa shape index (κ1) is 19.5. The minimum absolute atomic E-state index is 0. The average molecular weight is 247 g/mol. The second-order valence-electron chi connectivity index (χ2n) is 3.56. The molecule has 0 saturated heterocycles. The van der Waals surface area contributed by atoms with Crippen LogP contribution in [-0.2, 0) is 4.79 Å². The van der Waals surface area contributed by atoms with Gasteiger partial charge in [-0.1, -0.05) is 13.8 Å². The Labute approximate surface area is 97.2 Å². The van der Waals surface area contributed by atoms with Crippen LogP contribution in [0.25, 0.3) is 0 Å². The van der Waals surface area contributed by atoms with E-state index < -0.39 is 12.0 Å². The minimum Gasteiger partial charge on any atom is -0.481 e. The maximum Gasteiger partial charge on any atom is 0.304 e. The molecule has 6 heteroatoms. The summed E-state index contributed by atoms with van der Waals surface area (Å²) >= 11 is 0. The fourth-order valence-electron chi connectivity index (χ4n) is 1.07. The van der Waals surface area contributed by atoms with E-state index in [0.29, 0.717) is 5.92 Å². The highest BCUT2D eigenvalue weighted by molar-refractivity contribution is 5.85. The van der Waals surface area contributed by atoms with Crippen LogP contribution in [-0.4, -0.2) is 23.2 Å². The minimum atomic E-state index is -0.887. The average Bonchev–Trinajstić information content (AvgIpc) is 1.84. The van der Waals surface area contributed by atoms with Gasteiger partial charge in [0.2, 0.25) is 0 Å². The van der Waals surface area contributed by atoms with E-state index in [9.17, 15) is 4.79 Å². The van der Waals surface area contributed by atoms with E-state index in [1.165, 1.54) is 0 Å². The molecule has 14 heavy (non-hydrogen) atoms. The zero-order chi connectivity index (χ0) is 9.72. The van der Waals surface area contributed by atoms with Gasteiger partial charge in [-0.05, 0) is 12.3 Å². The van der Waals surface area contributed by atoms with Crippen molar-refractivity contribution in [3.63, 3.8) is 0 Å². The third kappa shape index (κ3) is 10.1. The Balaban J connectivity index is -0.000000605. The predicted molar refractivity (Wildman–Crippen MR) is 62.2 cm³/mol. The van der Waals surface area contributed by atoms with Gasteiger partial charge in [0.15, 0.2) is 0 Å². The molecule has 0 spiro atoms. The van der Waals surface area contributed by atoms with Crippen LogP contribution in [0.2, 0.25) is 0 Å². The first-order valence-corrected chi connectivity index (χ1v) is 4.16. The monoisotopic (exact) mass is 246 g/mol. The summed E-state index contributed by atoms with van der Waals surface area (Å²) in [5, 5.41) is 8.43. The topological polar surface area (TPSA) is 89.3 Å². The normalized spacial score (nSPS) is 13.8. The summed E-state index contributed by atoms with van der Waals surface area (Å²) in [4.78, 5) is 10.3. The van der Waals surface area contributed by atoms with Crippen LogP contribution < -0.4 is 11.5 Å². The van der Waals surface area contributed by atoms with Crippen LogP contribution in [0.5, 0.6) is 0 Å². The molecule has 0 radical (unpaired) electrons. The molecule has 0 rings (SSSR count). The second kappa shape index (κ2) is 9.52. The summed E-state index contributed by atoms with van der Waals surface area (Å²) in [5.74, 6) is -0.429. The summed E-state index contributed by atoms with van der Waals surface area (Å²) in [6, 6.07) is -0.633. The number of carboxylic acid groups (broad SMARTS) is 1. The second-order valence-corrected chi connectivity index (χ2v) is 3.56. The largest absolute Gasteiger partial charge is 0.481 e. The molecule has 88 valence electrons. The Bertz CT molecular complexity index is 156. The molecule has 0 aliphatic rings. The number of carboxylic acids is 1. The number of hydrogen-bond acceptors (Lipinski definition) is 3. The van der Waals surface area contributed by atoms with Crippen LogP contribution >= 0.6 is 24.8 Å². The lowest BCUT2D eigenvalue weighted by molar-refractivity contribution is -0.137. The molecule has 0 saturated carbocycles. The van der Waals surface area contributed by atoms with Gasteiger partial charge in [-0.2, -0.15) is 0 Å². The molecular weight excluding hydrogens is 227 g/mol. The number of carbonyl (C=O) groups is 1. The fraction of sp³-hybridized carbons (Fsp3) is 0.875. The van der Waals surface area contributed by atoms with Crippen LogP contribution in [0.3, 0.4) is 0 Å². The third-order valence-corrected chi connectivity index (χ3v) is 1.70. The van der Waals surface area contributed by atoms with E-state index in [1.54, 1.807) is 0 Å². The molecule has 0 heterocycles. The standard InChI is InChI=1S/C8H18N2O2.2ClH/c1-5(2)3-6(9)7(10)4-8(11)12;;/h5-7H,3-4,9-10H2,1-2H3,(H,11,12);2*1H/t6-,7+;;/m0../s1. The number of nitrogens with two attached hydrogens (primary N) is 2. The van der Waals surface area contributed by atoms with Crippen LogP contribution in [0, 0.1) is 5.92 Å². The molecule has 0 aliphatic heterocycles. The van der Waals surface area contributed by atoms with Gasteiger partial charge in [-0.15, -0.1) is 24.8 Å². The van der Waals surface area contributed by atoms with Crippen molar-refractivity contribution < 1.29 is 9.90 Å². The molecule has 0 aromatic heterocycles. The molecule has 0 aromatic rings. The van der Waals surface area contributed by atoms with E-state index >= 15 is 0 Å². The van der Waals surface area contributed by atoms with Crippen molar-refractivity contribution in [3.05, 3.63) is 0 Å². The molecule has 0 unspecified atom stereocenters. The van der Waals surface area contributed by atoms with Crippen molar-refractivity contribution in [2.45, 2.75) is 38.8 Å². The molecule has 2 atom stereocenters. The van der Waals surface area contributed by atoms with E-state index in [2.05, 4.69) is 0 Å². The first-order valence-electron chi connectivity index (χ1n) is 4.16. The lowest BCUT2D eigenvalue weighted by Crippen LogP contribution is -2.43. The molecule has 4 nitrogen and oxygen atoms in total. The highest BCUT2D eigenvalue weighted by Gasteiger charge is 2.17. The maximum absolute atomic E-state index is 10.3. The van der Waals surface area contributed by atoms with Crippen molar-refractivity contribution in [3.8, 4) is 0 Å². The van der Waals surface area contributed by atoms with Crippen molar-refractivity contribution in [2.75, 3.05) is 0 Å². The molecule has 5 N–H and O–H groups in total. The highest BCUT2D eigenvalue weighted by atomic mass is 35.5. The molecule has 0 aromatic carbocycles. The lowest BCUT2D eigenvalue weighted by Gasteiger charge is -2.19. The molecule has 0 bridgehead atoms. The van der Waals surface area contributed by atoms with Crippen LogP contribution in [0.15, 0.2) is 0 Å². The third-order valence-electron chi connectivity index (χ3n) is 1.70. The Morgan fingerprint density at radius 1 is 1.21 bits per heavy atom. The summed E-state index contributed by atoms with van der Waals surface area (Å²) in [7, 11) is 0. The van der Waals surface area contributed by atoms with E-state index in [0.717, 1.165) is 6.42 Å². The van der Waals surface area contributed by atoms with Gasteiger partial charge in [0, 0.05) is 12.1 Å². The van der Waals surface area contributed by atoms with E-state index in [-0.39, 0.29) is 37.3 Å². The summed E-state index contributed by atoms with van der Waals surface area (Å²) in [5.41, 5.74) is 11.2. The fourth-order valence-corrected chi connectivity index (χ4v) is 1.07. The van der Waals surface area contributed by atoms with Gasteiger partial charge in [-0.25, -0.2) is 0 Å². The predicted octanol–water partition coefficient (Wildman–Crippen LogP) is 1.01. The van der Waals surface area contributed by atoms with Crippen molar-refractivity contribution in [1.82, 2.24) is 0 Å². The van der Waals surface area contributed by atoms with Crippen LogP contribution in [0.1, 0.15) is 26.7 Å². The zero-order valence-corrected chi connectivity index (χ0v) is 10.1. The quantitative estimate of drug-likeness (QED) is 0.676. The first-order chi connectivity index (χ1) is 5.43. The molecular formula is C8H20Cl2N2O2. The molecule has 0 amide bonds. The number of hydrogen-bond donors (Lipinski definition) is 3. The van der Waals surface area contributed by atoms with Crippen molar-refractivity contribution in [2.24, 2.45) is 17.4 Å². The maximum atomic E-state index is 10.3. The van der Waals surface area contributed by atoms with Crippen molar-refractivity contribution in [1.29, 1.82) is 0 Å². The van der Waals surface area contributed by atoms with Crippen LogP contribution in [0.4, 0.5) is 0 Å². The molecule has 0 fully saturated rings. The van der Waals surface area contributed by atoms with Crippen molar-refractivity contribution >= 4 is 30.8 Å². The van der Waals surface area contributed by atoms with Gasteiger partial charge in [0.05, 0.1) is 6.42 Å². The lowest BCUT2D eigenvalue weighted by atomic mass is 9.97. The highest BCUT2D eigenvalue weighted by Crippen LogP contribution is 2.06. The van der Waals surface area contributed by atoms with Gasteiger partial charge in [-0.3, -0.25) is 4.79 Å². The van der Waals surface area contributed by atoms with Gasteiger partial charge in [0.25, 0.3) is 0 Å². The Morgan fingerprint density at radius 3 is 1.93 bits per heavy atom. The van der Waals surface area contributed by atoms with Gasteiger partial charge in [0.1, 0.15) is 0 Å². The SMILES string of the molecule is CC(C)C[C@H](N)[C@H](N)CC(=O)O.Cl.Cl. The number of rotatable bonds is 5. The van der Waals surface area contributed by atoms with E-state index in [4.69, 9.17) is 16.6 Å². The Hall–Kier alpha value is -0.0300. The summed E-state index contributed by atoms with van der Waals surface area (Å²) in [6.07, 6.45) is 0.725.